The predicted octanol–water partition coefficient (Wildman–Crippen LogP) is 2.73. The zero-order chi connectivity index (χ0) is 15.0. The van der Waals surface area contributed by atoms with E-state index < -0.39 is 0 Å². The van der Waals surface area contributed by atoms with Crippen molar-refractivity contribution in [1.82, 2.24) is 5.32 Å². The Morgan fingerprint density at radius 3 is 2.40 bits per heavy atom. The molecule has 4 nitrogen and oxygen atoms in total. The van der Waals surface area contributed by atoms with Crippen molar-refractivity contribution in [3.8, 4) is 5.75 Å². The molecule has 0 spiro atoms. The smallest absolute Gasteiger partial charge is 0.323 e. The van der Waals surface area contributed by atoms with Crippen LogP contribution in [-0.2, 0) is 9.53 Å². The van der Waals surface area contributed by atoms with Crippen LogP contribution in [0.2, 0.25) is 0 Å². The lowest BCUT2D eigenvalue weighted by atomic mass is 10.0. The standard InChI is InChI=1S/C16H25NO3/c1-5-19-16(18)15(17-4)10-11-20-14-8-6-13(7-9-14)12(2)3/h6-9,12,15,17H,5,10-11H2,1-4H3. The molecule has 0 aliphatic rings. The molecule has 0 saturated carbocycles. The molecule has 0 saturated heterocycles. The Kier molecular flexibility index (Phi) is 7.09. The van der Waals surface area contributed by atoms with Gasteiger partial charge in [-0.15, -0.1) is 0 Å². The second-order valence-electron chi connectivity index (χ2n) is 4.95. The van der Waals surface area contributed by atoms with Crippen molar-refractivity contribution >= 4 is 5.97 Å². The summed E-state index contributed by atoms with van der Waals surface area (Å²) < 4.78 is 10.6. The van der Waals surface area contributed by atoms with Gasteiger partial charge in [-0.2, -0.15) is 0 Å². The zero-order valence-corrected chi connectivity index (χ0v) is 12.8. The Bertz CT molecular complexity index is 401. The first-order chi connectivity index (χ1) is 9.58. The Morgan fingerprint density at radius 2 is 1.90 bits per heavy atom. The highest BCUT2D eigenvalue weighted by Gasteiger charge is 2.17. The molecule has 0 bridgehead atoms. The lowest BCUT2D eigenvalue weighted by Gasteiger charge is -2.15. The summed E-state index contributed by atoms with van der Waals surface area (Å²) >= 11 is 0. The van der Waals surface area contributed by atoms with Crippen LogP contribution in [0.15, 0.2) is 24.3 Å². The molecule has 4 heteroatoms. The third-order valence-electron chi connectivity index (χ3n) is 3.14. The van der Waals surface area contributed by atoms with E-state index in [4.69, 9.17) is 9.47 Å². The van der Waals surface area contributed by atoms with Crippen LogP contribution < -0.4 is 10.1 Å². The van der Waals surface area contributed by atoms with Gasteiger partial charge in [0.05, 0.1) is 13.2 Å². The molecular formula is C16H25NO3. The van der Waals surface area contributed by atoms with Crippen LogP contribution >= 0.6 is 0 Å². The molecule has 0 radical (unpaired) electrons. The van der Waals surface area contributed by atoms with Crippen molar-refractivity contribution in [2.75, 3.05) is 20.3 Å². The summed E-state index contributed by atoms with van der Waals surface area (Å²) in [5, 5.41) is 2.94. The highest BCUT2D eigenvalue weighted by molar-refractivity contribution is 5.75. The maximum atomic E-state index is 11.6. The fourth-order valence-electron chi connectivity index (χ4n) is 1.87. The van der Waals surface area contributed by atoms with Gasteiger partial charge in [0, 0.05) is 6.42 Å². The lowest BCUT2D eigenvalue weighted by molar-refractivity contribution is -0.145. The monoisotopic (exact) mass is 279 g/mol. The maximum absolute atomic E-state index is 11.6. The fraction of sp³-hybridized carbons (Fsp3) is 0.562. The quantitative estimate of drug-likeness (QED) is 0.743. The third-order valence-corrected chi connectivity index (χ3v) is 3.14. The van der Waals surface area contributed by atoms with Gasteiger partial charge in [-0.05, 0) is 37.6 Å². The van der Waals surface area contributed by atoms with E-state index in [2.05, 4.69) is 31.3 Å². The second kappa shape index (κ2) is 8.59. The van der Waals surface area contributed by atoms with Crippen LogP contribution in [0.4, 0.5) is 0 Å². The number of hydrogen-bond donors (Lipinski definition) is 1. The van der Waals surface area contributed by atoms with Crippen molar-refractivity contribution in [2.24, 2.45) is 0 Å². The Morgan fingerprint density at radius 1 is 1.25 bits per heavy atom. The number of carbonyl (C=O) groups excluding carboxylic acids is 1. The summed E-state index contributed by atoms with van der Waals surface area (Å²) in [5.74, 6) is 1.11. The average Bonchev–Trinajstić information content (AvgIpc) is 2.44. The van der Waals surface area contributed by atoms with Crippen molar-refractivity contribution in [3.05, 3.63) is 29.8 Å². The van der Waals surface area contributed by atoms with E-state index in [0.717, 1.165) is 5.75 Å². The third kappa shape index (κ3) is 5.21. The number of hydrogen-bond acceptors (Lipinski definition) is 4. The van der Waals surface area contributed by atoms with Gasteiger partial charge in [-0.3, -0.25) is 4.79 Å². The second-order valence-corrected chi connectivity index (χ2v) is 4.95. The van der Waals surface area contributed by atoms with Gasteiger partial charge in [0.15, 0.2) is 0 Å². The summed E-state index contributed by atoms with van der Waals surface area (Å²) in [5.41, 5.74) is 1.29. The van der Waals surface area contributed by atoms with E-state index in [9.17, 15) is 4.79 Å². The van der Waals surface area contributed by atoms with Gasteiger partial charge in [0.25, 0.3) is 0 Å². The first-order valence-electron chi connectivity index (χ1n) is 7.15. The minimum Gasteiger partial charge on any atom is -0.494 e. The van der Waals surface area contributed by atoms with E-state index in [1.54, 1.807) is 14.0 Å². The van der Waals surface area contributed by atoms with Crippen molar-refractivity contribution in [3.63, 3.8) is 0 Å². The van der Waals surface area contributed by atoms with Crippen LogP contribution in [0.5, 0.6) is 5.75 Å². The number of carbonyl (C=O) groups is 1. The molecule has 0 heterocycles. The summed E-state index contributed by atoms with van der Waals surface area (Å²) in [6.45, 7) is 7.00. The number of ether oxygens (including phenoxy) is 2. The number of rotatable bonds is 8. The minimum absolute atomic E-state index is 0.228. The topological polar surface area (TPSA) is 47.6 Å². The highest BCUT2D eigenvalue weighted by Crippen LogP contribution is 2.18. The molecule has 1 unspecified atom stereocenters. The number of likely N-dealkylation sites (N-methyl/N-ethyl adjacent to an activating group) is 1. The van der Waals surface area contributed by atoms with Crippen LogP contribution in [0.3, 0.4) is 0 Å². The fourth-order valence-corrected chi connectivity index (χ4v) is 1.87. The van der Waals surface area contributed by atoms with E-state index in [0.29, 0.717) is 25.6 Å². The van der Waals surface area contributed by atoms with Gasteiger partial charge in [0.1, 0.15) is 11.8 Å². The van der Waals surface area contributed by atoms with Crippen molar-refractivity contribution in [2.45, 2.75) is 39.2 Å². The molecule has 0 aliphatic carbocycles. The lowest BCUT2D eigenvalue weighted by Crippen LogP contribution is -2.36. The van der Waals surface area contributed by atoms with Crippen LogP contribution in [0.1, 0.15) is 38.7 Å². The number of benzene rings is 1. The predicted molar refractivity (Wildman–Crippen MR) is 80.1 cm³/mol. The summed E-state index contributed by atoms with van der Waals surface area (Å²) in [4.78, 5) is 11.6. The SMILES string of the molecule is CCOC(=O)C(CCOc1ccc(C(C)C)cc1)NC. The van der Waals surface area contributed by atoms with Crippen molar-refractivity contribution < 1.29 is 14.3 Å². The summed E-state index contributed by atoms with van der Waals surface area (Å²) in [6, 6.07) is 7.76. The largest absolute Gasteiger partial charge is 0.494 e. The van der Waals surface area contributed by atoms with Gasteiger partial charge in [0.2, 0.25) is 0 Å². The molecule has 1 atom stereocenters. The van der Waals surface area contributed by atoms with E-state index in [1.807, 2.05) is 12.1 Å². The Balaban J connectivity index is 2.40. The normalized spacial score (nSPS) is 12.2. The average molecular weight is 279 g/mol. The zero-order valence-electron chi connectivity index (χ0n) is 12.8. The van der Waals surface area contributed by atoms with E-state index in [1.165, 1.54) is 5.56 Å². The van der Waals surface area contributed by atoms with Gasteiger partial charge < -0.3 is 14.8 Å². The first kappa shape index (κ1) is 16.5. The Hall–Kier alpha value is -1.55. The number of nitrogens with one attached hydrogen (secondary N) is 1. The van der Waals surface area contributed by atoms with Gasteiger partial charge >= 0.3 is 5.97 Å². The highest BCUT2D eigenvalue weighted by atomic mass is 16.5. The Labute approximate surface area is 121 Å². The van der Waals surface area contributed by atoms with E-state index >= 15 is 0 Å². The molecule has 0 aromatic heterocycles. The molecule has 1 aromatic rings. The minimum atomic E-state index is -0.315. The molecule has 0 aliphatic heterocycles. The molecule has 1 N–H and O–H groups in total. The molecule has 0 amide bonds. The van der Waals surface area contributed by atoms with Gasteiger partial charge in [-0.1, -0.05) is 26.0 Å². The first-order valence-corrected chi connectivity index (χ1v) is 7.15. The van der Waals surface area contributed by atoms with E-state index in [-0.39, 0.29) is 12.0 Å². The van der Waals surface area contributed by atoms with Crippen LogP contribution in [0, 0.1) is 0 Å². The molecule has 112 valence electrons. The molecule has 0 fully saturated rings. The van der Waals surface area contributed by atoms with Crippen LogP contribution in [0.25, 0.3) is 0 Å². The summed E-state index contributed by atoms with van der Waals surface area (Å²) in [6.07, 6.45) is 0.585. The van der Waals surface area contributed by atoms with Crippen molar-refractivity contribution in [1.29, 1.82) is 0 Å². The summed E-state index contributed by atoms with van der Waals surface area (Å²) in [7, 11) is 1.75. The van der Waals surface area contributed by atoms with Gasteiger partial charge in [-0.25, -0.2) is 0 Å². The molecular weight excluding hydrogens is 254 g/mol. The molecule has 1 aromatic carbocycles. The molecule has 1 rings (SSSR count). The maximum Gasteiger partial charge on any atom is 0.323 e. The van der Waals surface area contributed by atoms with Crippen LogP contribution in [-0.4, -0.2) is 32.3 Å². The number of esters is 1. The molecule has 20 heavy (non-hydrogen) atoms.